The lowest BCUT2D eigenvalue weighted by molar-refractivity contribution is -0.162. The van der Waals surface area contributed by atoms with Crippen LogP contribution in [0.2, 0.25) is 5.02 Å². The predicted octanol–water partition coefficient (Wildman–Crippen LogP) is 7.68. The van der Waals surface area contributed by atoms with Gasteiger partial charge in [-0.05, 0) is 94.3 Å². The van der Waals surface area contributed by atoms with Gasteiger partial charge in [-0.15, -0.1) is 4.73 Å². The van der Waals surface area contributed by atoms with Crippen LogP contribution in [0.15, 0.2) is 78.4 Å². The van der Waals surface area contributed by atoms with E-state index >= 15 is 0 Å². The molecular formula is C63H83ClN8O19S. The highest BCUT2D eigenvalue weighted by Gasteiger charge is 2.64. The number of nitrogens with one attached hydrogen (secondary N) is 3. The first-order chi connectivity index (χ1) is 43.6. The number of amides is 6. The maximum absolute atomic E-state index is 14.4. The Labute approximate surface area is 543 Å². The summed E-state index contributed by atoms with van der Waals surface area (Å²) >= 11 is 7.69. The number of aliphatic hydroxyl groups is 1. The van der Waals surface area contributed by atoms with Crippen molar-refractivity contribution in [1.29, 1.82) is 0 Å². The van der Waals surface area contributed by atoms with Crippen LogP contribution in [-0.4, -0.2) is 198 Å². The second-order valence-electron chi connectivity index (χ2n) is 23.3. The van der Waals surface area contributed by atoms with Crippen LogP contribution in [0.4, 0.5) is 36.2 Å². The number of anilines is 3. The van der Waals surface area contributed by atoms with E-state index in [1.54, 1.807) is 44.2 Å². The Kier molecular flexibility index (Phi) is 24.7. The van der Waals surface area contributed by atoms with E-state index in [1.165, 1.54) is 81.1 Å². The number of hydrogen-bond acceptors (Lipinski definition) is 21. The zero-order valence-electron chi connectivity index (χ0n) is 53.3. The van der Waals surface area contributed by atoms with E-state index in [9.17, 15) is 53.7 Å². The number of carbonyl (C=O) groups excluding carboxylic acids is 8. The molecule has 92 heavy (non-hydrogen) atoms. The molecule has 0 saturated carbocycles. The summed E-state index contributed by atoms with van der Waals surface area (Å²) in [4.78, 5) is 118. The number of aromatic nitrogens is 1. The van der Waals surface area contributed by atoms with Crippen LogP contribution < -0.4 is 30.4 Å². The molecule has 4 bridgehead atoms. The smallest absolute Gasteiger partial charge is 0.412 e. The number of benzene rings is 2. The quantitative estimate of drug-likeness (QED) is 0.0290. The molecule has 2 saturated heterocycles. The Hall–Kier alpha value is -8.18. The number of halogens is 1. The average molecular weight is 1320 g/mol. The summed E-state index contributed by atoms with van der Waals surface area (Å²) in [7, 11) is 8.80. The van der Waals surface area contributed by atoms with Gasteiger partial charge in [-0.1, -0.05) is 72.7 Å². The Morgan fingerprint density at radius 3 is 2.40 bits per heavy atom. The summed E-state index contributed by atoms with van der Waals surface area (Å²) in [5.74, 6) is -4.13. The van der Waals surface area contributed by atoms with Gasteiger partial charge in [0, 0.05) is 85.0 Å². The number of hydrogen-bond donors (Lipinski definition) is 6. The molecule has 29 heteroatoms. The summed E-state index contributed by atoms with van der Waals surface area (Å²) in [5, 5.41) is 39.6. The van der Waals surface area contributed by atoms with Gasteiger partial charge < -0.3 is 78.2 Å². The molecule has 6 amide bonds. The van der Waals surface area contributed by atoms with Crippen molar-refractivity contribution in [3.63, 3.8) is 0 Å². The highest BCUT2D eigenvalue weighted by atomic mass is 35.5. The molecule has 4 aliphatic rings. The highest BCUT2D eigenvalue weighted by molar-refractivity contribution is 8.13. The van der Waals surface area contributed by atoms with Crippen molar-refractivity contribution in [1.82, 2.24) is 24.7 Å². The van der Waals surface area contributed by atoms with Crippen molar-refractivity contribution in [2.24, 2.45) is 5.92 Å². The van der Waals surface area contributed by atoms with Crippen LogP contribution in [0.25, 0.3) is 0 Å². The Balaban J connectivity index is 0.927. The van der Waals surface area contributed by atoms with Gasteiger partial charge in [-0.2, -0.15) is 0 Å². The molecule has 27 nitrogen and oxygen atoms in total. The molecule has 1 aliphatic carbocycles. The largest absolute Gasteiger partial charge is 0.495 e. The molecule has 0 radical (unpaired) electrons. The van der Waals surface area contributed by atoms with Crippen LogP contribution in [0.5, 0.6) is 17.5 Å². The molecule has 4 heterocycles. The minimum absolute atomic E-state index is 0.0227. The van der Waals surface area contributed by atoms with Crippen LogP contribution >= 0.6 is 23.4 Å². The fourth-order valence-corrected chi connectivity index (χ4v) is 11.8. The fraction of sp³-hybridized carbons (Fsp3) is 0.524. The lowest BCUT2D eigenvalue weighted by atomic mass is 9.83. The van der Waals surface area contributed by atoms with Gasteiger partial charge >= 0.3 is 30.2 Å². The van der Waals surface area contributed by atoms with E-state index < -0.39 is 126 Å². The molecule has 2 aromatic carbocycles. The van der Waals surface area contributed by atoms with Crippen LogP contribution in [0.1, 0.15) is 90.2 Å². The molecule has 1 unspecified atom stereocenters. The zero-order chi connectivity index (χ0) is 67.2. The summed E-state index contributed by atoms with van der Waals surface area (Å²) in [6, 6.07) is 9.21. The first kappa shape index (κ1) is 71.3. The van der Waals surface area contributed by atoms with E-state index in [1.807, 2.05) is 25.2 Å². The number of rotatable bonds is 19. The van der Waals surface area contributed by atoms with E-state index in [0.717, 1.165) is 60.7 Å². The summed E-state index contributed by atoms with van der Waals surface area (Å²) in [5.41, 5.74) is -0.421. The lowest BCUT2D eigenvalue weighted by Crippen LogP contribution is -2.63. The number of epoxide rings is 1. The third-order valence-electron chi connectivity index (χ3n) is 16.5. The van der Waals surface area contributed by atoms with Crippen LogP contribution in [-0.2, 0) is 60.6 Å². The van der Waals surface area contributed by atoms with Crippen molar-refractivity contribution in [2.75, 3.05) is 83.3 Å². The van der Waals surface area contributed by atoms with Crippen LogP contribution in [0.3, 0.4) is 0 Å². The fourth-order valence-electron chi connectivity index (χ4n) is 10.7. The normalized spacial score (nSPS) is 23.5. The number of aromatic hydroxyl groups is 2. The number of nitrogens with zero attached hydrogens (tertiary/aromatic N) is 5. The first-order valence-corrected chi connectivity index (χ1v) is 31.4. The molecular weight excluding hydrogens is 1240 g/mol. The number of esters is 1. The van der Waals surface area contributed by atoms with Gasteiger partial charge in [-0.25, -0.2) is 24.0 Å². The third kappa shape index (κ3) is 18.5. The van der Waals surface area contributed by atoms with Crippen molar-refractivity contribution in [3.8, 4) is 17.5 Å². The molecule has 2 fully saturated rings. The van der Waals surface area contributed by atoms with Gasteiger partial charge in [0.1, 0.15) is 60.0 Å². The number of allylic oxidation sites excluding steroid dienone is 4. The van der Waals surface area contributed by atoms with Crippen molar-refractivity contribution in [3.05, 3.63) is 94.6 Å². The van der Waals surface area contributed by atoms with E-state index in [0.29, 0.717) is 34.6 Å². The summed E-state index contributed by atoms with van der Waals surface area (Å²) < 4.78 is 41.2. The highest BCUT2D eigenvalue weighted by Crippen LogP contribution is 2.49. The summed E-state index contributed by atoms with van der Waals surface area (Å²) in [6.07, 6.45) is 6.37. The SMILES string of the molecule is COc1cc2cc(c1Cl)N(C)C(=O)C[C@H](OC(=O)[C@H](C)N(C)C(=O)CCSC(=O)N(C)CCN(C)C(=O)OCc1ccc(NC(=O)OC3C=CCCCCC3)c(NCC(=O)On3c(O)ccc3O)c1)[C@]1(C)O[C@H]1[C@H](C)[C@@H]1C[C@@](O)(NC(=O)O1)[C@H](OC)C=CC=C(C)C2. The maximum atomic E-state index is 14.4. The van der Waals surface area contributed by atoms with Gasteiger partial charge in [0.15, 0.2) is 5.72 Å². The Morgan fingerprint density at radius 1 is 0.957 bits per heavy atom. The van der Waals surface area contributed by atoms with Gasteiger partial charge in [0.2, 0.25) is 23.6 Å². The standard InChI is InChI=1S/C63H83ClN8O19S/c1-37-17-16-20-48(85-10)63(83)34-47(88-59(80)67-63)38(2)56-62(4,90-56)49(33-53(76)71(8)45-31-41(29-37)32-46(84-9)55(45)64)89-57(78)39(3)70(7)50(73)25-28-92-61(82)69(6)27-26-68(5)60(81)86-36-40-21-22-43(66-58(79)87-42-18-14-12-11-13-15-19-42)44(30-40)65-35-54(77)91-72-51(74)23-24-52(72)75/h14,16-18,20-24,30-32,38-39,42,47-49,56,65,74-75,83H,11-13,15,19,25-29,33-36H2,1-10H3,(H,66,79)(H,67,80)/t38-,39+,42?,47+,48-,49+,56+,62+,63+/m1/s1. The molecule has 7 rings (SSSR count). The van der Waals surface area contributed by atoms with Gasteiger partial charge in [0.05, 0.1) is 36.7 Å². The molecule has 3 aromatic rings. The molecule has 3 aliphatic heterocycles. The minimum Gasteiger partial charge on any atom is -0.495 e. The maximum Gasteiger partial charge on any atom is 0.412 e. The number of thioether (sulfide) groups is 1. The first-order valence-electron chi connectivity index (χ1n) is 30.1. The van der Waals surface area contributed by atoms with Crippen LogP contribution in [0, 0.1) is 5.92 Å². The van der Waals surface area contributed by atoms with Gasteiger partial charge in [0.25, 0.3) is 5.24 Å². The monoisotopic (exact) mass is 1320 g/mol. The predicted molar refractivity (Wildman–Crippen MR) is 339 cm³/mol. The number of likely N-dealkylation sites (N-methyl/N-ethyl adjacent to an activating group) is 3. The molecule has 6 N–H and O–H groups in total. The van der Waals surface area contributed by atoms with E-state index in [2.05, 4.69) is 16.0 Å². The van der Waals surface area contributed by atoms with E-state index in [-0.39, 0.29) is 54.7 Å². The number of fused-ring (bicyclic) bond motifs is 5. The van der Waals surface area contributed by atoms with Crippen molar-refractivity contribution < 1.29 is 91.7 Å². The second kappa shape index (κ2) is 31.9. The number of alkyl carbamates (subject to hydrolysis) is 1. The Morgan fingerprint density at radius 2 is 1.68 bits per heavy atom. The third-order valence-corrected chi connectivity index (χ3v) is 17.9. The number of methoxy groups -OCH3 is 2. The second-order valence-corrected chi connectivity index (χ2v) is 24.8. The average Bonchev–Trinajstić information content (AvgIpc) is 1.57. The summed E-state index contributed by atoms with van der Waals surface area (Å²) in [6.45, 7) is 6.15. The van der Waals surface area contributed by atoms with E-state index in [4.69, 9.17) is 49.6 Å². The molecule has 502 valence electrons. The van der Waals surface area contributed by atoms with Crippen molar-refractivity contribution >= 4 is 87.7 Å². The lowest BCUT2D eigenvalue weighted by Gasteiger charge is -2.42. The molecule has 1 aromatic heterocycles. The zero-order valence-corrected chi connectivity index (χ0v) is 54.8. The number of ether oxygens (including phenoxy) is 7. The Bertz CT molecular complexity index is 3270. The molecule has 9 atom stereocenters. The minimum atomic E-state index is -1.91. The topological polar surface area (TPSA) is 328 Å². The van der Waals surface area contributed by atoms with Crippen molar-refractivity contribution in [2.45, 2.75) is 140 Å². The molecule has 0 spiro atoms. The van der Waals surface area contributed by atoms with Gasteiger partial charge in [-0.3, -0.25) is 25.0 Å². The number of carbonyl (C=O) groups is 8.